The predicted octanol–water partition coefficient (Wildman–Crippen LogP) is 2.91. The number of benzene rings is 1. The summed E-state index contributed by atoms with van der Waals surface area (Å²) < 4.78 is 20.7. The smallest absolute Gasteiger partial charge is 0.340 e. The zero-order valence-electron chi connectivity index (χ0n) is 17.4. The van der Waals surface area contributed by atoms with Gasteiger partial charge in [0.05, 0.1) is 31.7 Å². The summed E-state index contributed by atoms with van der Waals surface area (Å²) in [5.41, 5.74) is 0.0786. The Bertz CT molecular complexity index is 941. The Morgan fingerprint density at radius 1 is 1.10 bits per heavy atom. The van der Waals surface area contributed by atoms with Crippen LogP contribution in [0.3, 0.4) is 0 Å². The third-order valence-corrected chi connectivity index (χ3v) is 4.12. The lowest BCUT2D eigenvalue weighted by Gasteiger charge is -2.19. The van der Waals surface area contributed by atoms with E-state index in [1.807, 2.05) is 0 Å². The van der Waals surface area contributed by atoms with Gasteiger partial charge in [-0.15, -0.1) is 13.2 Å². The first-order valence-electron chi connectivity index (χ1n) is 9.22. The maximum atomic E-state index is 12.7. The van der Waals surface area contributed by atoms with Gasteiger partial charge in [0.25, 0.3) is 11.8 Å². The zero-order chi connectivity index (χ0) is 22.8. The highest BCUT2D eigenvalue weighted by atomic mass is 16.5. The normalized spacial score (nSPS) is 10.0. The molecule has 0 saturated heterocycles. The number of furan rings is 1. The number of esters is 1. The fourth-order valence-electron chi connectivity index (χ4n) is 2.63. The van der Waals surface area contributed by atoms with Gasteiger partial charge in [-0.25, -0.2) is 4.79 Å². The zero-order valence-corrected chi connectivity index (χ0v) is 17.4. The number of anilines is 1. The van der Waals surface area contributed by atoms with Crippen molar-refractivity contribution >= 4 is 23.5 Å². The number of rotatable bonds is 11. The number of carbonyl (C=O) groups excluding carboxylic acids is 3. The van der Waals surface area contributed by atoms with Crippen molar-refractivity contribution in [3.63, 3.8) is 0 Å². The van der Waals surface area contributed by atoms with E-state index in [-0.39, 0.29) is 41.6 Å². The van der Waals surface area contributed by atoms with Gasteiger partial charge in [-0.1, -0.05) is 12.2 Å². The molecular formula is C22H24N2O7. The number of nitrogens with one attached hydrogen (secondary N) is 1. The SMILES string of the molecule is C=CCN(CC=C)C(=O)COC(=O)c1cc(OC)c(OC)cc1NC(=O)c1ccco1. The van der Waals surface area contributed by atoms with Crippen LogP contribution in [0.4, 0.5) is 5.69 Å². The number of carbonyl (C=O) groups is 3. The third-order valence-electron chi connectivity index (χ3n) is 4.12. The Hall–Kier alpha value is -4.01. The molecule has 2 rings (SSSR count). The molecule has 0 spiro atoms. The molecule has 9 heteroatoms. The van der Waals surface area contributed by atoms with Gasteiger partial charge in [0.2, 0.25) is 0 Å². The first-order valence-corrected chi connectivity index (χ1v) is 9.22. The number of nitrogens with zero attached hydrogens (tertiary/aromatic N) is 1. The first-order chi connectivity index (χ1) is 14.9. The van der Waals surface area contributed by atoms with Crippen LogP contribution < -0.4 is 14.8 Å². The molecule has 1 N–H and O–H groups in total. The molecular weight excluding hydrogens is 404 g/mol. The summed E-state index contributed by atoms with van der Waals surface area (Å²) in [5, 5.41) is 2.58. The molecule has 0 unspecified atom stereocenters. The second-order valence-corrected chi connectivity index (χ2v) is 6.14. The Labute approximate surface area is 179 Å². The van der Waals surface area contributed by atoms with E-state index >= 15 is 0 Å². The highest BCUT2D eigenvalue weighted by molar-refractivity contribution is 6.07. The predicted molar refractivity (Wildman–Crippen MR) is 113 cm³/mol. The Morgan fingerprint density at radius 2 is 1.74 bits per heavy atom. The molecule has 1 aromatic carbocycles. The van der Waals surface area contributed by atoms with E-state index in [9.17, 15) is 14.4 Å². The molecule has 2 amide bonds. The van der Waals surface area contributed by atoms with Crippen molar-refractivity contribution in [1.29, 1.82) is 0 Å². The second kappa shape index (κ2) is 11.2. The van der Waals surface area contributed by atoms with Gasteiger partial charge in [-0.2, -0.15) is 0 Å². The average Bonchev–Trinajstić information content (AvgIpc) is 3.31. The van der Waals surface area contributed by atoms with Crippen molar-refractivity contribution in [1.82, 2.24) is 4.90 Å². The topological polar surface area (TPSA) is 107 Å². The van der Waals surface area contributed by atoms with E-state index in [0.717, 1.165) is 0 Å². The van der Waals surface area contributed by atoms with Gasteiger partial charge in [-0.05, 0) is 12.1 Å². The number of hydrogen-bond acceptors (Lipinski definition) is 7. The molecule has 9 nitrogen and oxygen atoms in total. The summed E-state index contributed by atoms with van der Waals surface area (Å²) in [4.78, 5) is 38.9. The van der Waals surface area contributed by atoms with Gasteiger partial charge in [0, 0.05) is 25.2 Å². The summed E-state index contributed by atoms with van der Waals surface area (Å²) in [5.74, 6) is -1.25. The quantitative estimate of drug-likeness (QED) is 0.433. The Balaban J connectivity index is 2.26. The number of ether oxygens (including phenoxy) is 3. The summed E-state index contributed by atoms with van der Waals surface area (Å²) in [6, 6.07) is 5.80. The minimum Gasteiger partial charge on any atom is -0.493 e. The van der Waals surface area contributed by atoms with E-state index in [1.165, 1.54) is 43.6 Å². The van der Waals surface area contributed by atoms with E-state index in [4.69, 9.17) is 18.6 Å². The fourth-order valence-corrected chi connectivity index (χ4v) is 2.63. The van der Waals surface area contributed by atoms with E-state index in [2.05, 4.69) is 18.5 Å². The van der Waals surface area contributed by atoms with Crippen LogP contribution >= 0.6 is 0 Å². The van der Waals surface area contributed by atoms with Crippen LogP contribution in [0, 0.1) is 0 Å². The number of methoxy groups -OCH3 is 2. The number of amides is 2. The molecule has 0 aliphatic heterocycles. The highest BCUT2D eigenvalue weighted by Gasteiger charge is 2.22. The van der Waals surface area contributed by atoms with Gasteiger partial charge in [-0.3, -0.25) is 9.59 Å². The van der Waals surface area contributed by atoms with Crippen molar-refractivity contribution < 1.29 is 33.0 Å². The molecule has 0 atom stereocenters. The Morgan fingerprint density at radius 3 is 2.29 bits per heavy atom. The summed E-state index contributed by atoms with van der Waals surface area (Å²) >= 11 is 0. The van der Waals surface area contributed by atoms with Crippen molar-refractivity contribution in [2.75, 3.05) is 39.2 Å². The molecule has 1 heterocycles. The van der Waals surface area contributed by atoms with Crippen LogP contribution in [0.2, 0.25) is 0 Å². The minimum atomic E-state index is -0.832. The molecule has 1 aromatic heterocycles. The third kappa shape index (κ3) is 5.99. The summed E-state index contributed by atoms with van der Waals surface area (Å²) in [6.45, 7) is 7.25. The number of hydrogen-bond donors (Lipinski definition) is 1. The highest BCUT2D eigenvalue weighted by Crippen LogP contribution is 2.34. The van der Waals surface area contributed by atoms with Crippen molar-refractivity contribution in [3.05, 3.63) is 67.2 Å². The molecule has 164 valence electrons. The Kier molecular flexibility index (Phi) is 8.44. The van der Waals surface area contributed by atoms with Gasteiger partial charge < -0.3 is 28.8 Å². The van der Waals surface area contributed by atoms with Crippen molar-refractivity contribution in [2.24, 2.45) is 0 Å². The van der Waals surface area contributed by atoms with E-state index in [0.29, 0.717) is 0 Å². The second-order valence-electron chi connectivity index (χ2n) is 6.14. The molecule has 0 fully saturated rings. The van der Waals surface area contributed by atoms with Gasteiger partial charge in [0.15, 0.2) is 23.9 Å². The lowest BCUT2D eigenvalue weighted by Crippen LogP contribution is -2.35. The molecule has 2 aromatic rings. The van der Waals surface area contributed by atoms with Crippen LogP contribution in [0.15, 0.2) is 60.3 Å². The average molecular weight is 428 g/mol. The van der Waals surface area contributed by atoms with Crippen LogP contribution in [-0.2, 0) is 9.53 Å². The molecule has 0 aliphatic carbocycles. The molecule has 0 bridgehead atoms. The lowest BCUT2D eigenvalue weighted by atomic mass is 10.1. The van der Waals surface area contributed by atoms with Gasteiger partial charge in [0.1, 0.15) is 0 Å². The molecule has 0 aliphatic rings. The summed E-state index contributed by atoms with van der Waals surface area (Å²) in [6.07, 6.45) is 4.46. The van der Waals surface area contributed by atoms with Crippen LogP contribution in [0.1, 0.15) is 20.9 Å². The van der Waals surface area contributed by atoms with Crippen molar-refractivity contribution in [2.45, 2.75) is 0 Å². The van der Waals surface area contributed by atoms with Crippen LogP contribution in [-0.4, -0.2) is 56.6 Å². The maximum Gasteiger partial charge on any atom is 0.340 e. The molecule has 0 radical (unpaired) electrons. The molecule has 0 saturated carbocycles. The molecule has 31 heavy (non-hydrogen) atoms. The maximum absolute atomic E-state index is 12.7. The van der Waals surface area contributed by atoms with Crippen molar-refractivity contribution in [3.8, 4) is 11.5 Å². The summed E-state index contributed by atoms with van der Waals surface area (Å²) in [7, 11) is 2.82. The minimum absolute atomic E-state index is 0.0238. The van der Waals surface area contributed by atoms with E-state index < -0.39 is 24.4 Å². The monoisotopic (exact) mass is 428 g/mol. The lowest BCUT2D eigenvalue weighted by molar-refractivity contribution is -0.133. The van der Waals surface area contributed by atoms with E-state index in [1.54, 1.807) is 18.2 Å². The van der Waals surface area contributed by atoms with Gasteiger partial charge >= 0.3 is 5.97 Å². The standard InChI is InChI=1S/C22H24N2O7/c1-5-9-24(10-6-2)20(25)14-31-22(27)15-12-18(28-3)19(29-4)13-16(15)23-21(26)17-8-7-11-30-17/h5-8,11-13H,1-2,9-10,14H2,3-4H3,(H,23,26). The largest absolute Gasteiger partial charge is 0.493 e. The fraction of sp³-hybridized carbons (Fsp3) is 0.227. The van der Waals surface area contributed by atoms with Crippen LogP contribution in [0.25, 0.3) is 0 Å². The van der Waals surface area contributed by atoms with Crippen LogP contribution in [0.5, 0.6) is 11.5 Å². The first kappa shape index (κ1) is 23.3.